The fraction of sp³-hybridized carbons (Fsp3) is 0.211. The van der Waals surface area contributed by atoms with Crippen LogP contribution in [0.5, 0.6) is 0 Å². The summed E-state index contributed by atoms with van der Waals surface area (Å²) in [7, 11) is 0. The van der Waals surface area contributed by atoms with Gasteiger partial charge >= 0.3 is 6.18 Å². The number of benzene rings is 2. The van der Waals surface area contributed by atoms with Gasteiger partial charge in [-0.3, -0.25) is 9.36 Å². The number of alkyl halides is 3. The van der Waals surface area contributed by atoms with Crippen molar-refractivity contribution >= 4 is 17.7 Å². The molecule has 0 bridgehead atoms. The van der Waals surface area contributed by atoms with Crippen molar-refractivity contribution in [2.45, 2.75) is 24.8 Å². The van der Waals surface area contributed by atoms with Crippen LogP contribution in [0.25, 0.3) is 5.69 Å². The molecule has 0 aliphatic rings. The molecule has 1 aromatic heterocycles. The van der Waals surface area contributed by atoms with Gasteiger partial charge in [0, 0.05) is 12.2 Å². The Morgan fingerprint density at radius 3 is 2.64 bits per heavy atom. The van der Waals surface area contributed by atoms with E-state index in [0.717, 1.165) is 23.4 Å². The summed E-state index contributed by atoms with van der Waals surface area (Å²) in [5.74, 6) is -0.232. The highest BCUT2D eigenvalue weighted by atomic mass is 32.2. The van der Waals surface area contributed by atoms with E-state index in [1.165, 1.54) is 23.9 Å². The second kappa shape index (κ2) is 8.47. The number of amides is 1. The lowest BCUT2D eigenvalue weighted by Gasteiger charge is -2.10. The molecule has 3 aromatic rings. The van der Waals surface area contributed by atoms with E-state index in [2.05, 4.69) is 15.5 Å². The standard InChI is InChI=1S/C19H17F3N4OS/c1-13-5-7-16(8-6-13)26-12-24-25-18(26)28-11-17(27)23-10-14-3-2-4-15(9-14)19(20,21)22/h2-9,12H,10-11H2,1H3,(H,23,27). The van der Waals surface area contributed by atoms with E-state index in [1.807, 2.05) is 31.2 Å². The largest absolute Gasteiger partial charge is 0.416 e. The molecule has 1 amide bonds. The van der Waals surface area contributed by atoms with Crippen LogP contribution in [0.3, 0.4) is 0 Å². The topological polar surface area (TPSA) is 59.8 Å². The lowest BCUT2D eigenvalue weighted by Crippen LogP contribution is -2.25. The average molecular weight is 406 g/mol. The van der Waals surface area contributed by atoms with Crippen molar-refractivity contribution in [3.63, 3.8) is 0 Å². The van der Waals surface area contributed by atoms with E-state index in [1.54, 1.807) is 10.9 Å². The quantitative estimate of drug-likeness (QED) is 0.629. The van der Waals surface area contributed by atoms with Crippen LogP contribution in [0.2, 0.25) is 0 Å². The summed E-state index contributed by atoms with van der Waals surface area (Å²) < 4.78 is 40.0. The molecule has 0 unspecified atom stereocenters. The monoisotopic (exact) mass is 406 g/mol. The number of carbonyl (C=O) groups is 1. The minimum Gasteiger partial charge on any atom is -0.351 e. The summed E-state index contributed by atoms with van der Waals surface area (Å²) in [6, 6.07) is 12.7. The lowest BCUT2D eigenvalue weighted by molar-refractivity contribution is -0.137. The molecule has 3 rings (SSSR count). The van der Waals surface area contributed by atoms with E-state index >= 15 is 0 Å². The van der Waals surface area contributed by atoms with Crippen LogP contribution in [-0.4, -0.2) is 26.4 Å². The second-order valence-corrected chi connectivity index (χ2v) is 7.03. The number of thioether (sulfide) groups is 1. The van der Waals surface area contributed by atoms with E-state index in [4.69, 9.17) is 0 Å². The molecule has 28 heavy (non-hydrogen) atoms. The molecule has 1 heterocycles. The SMILES string of the molecule is Cc1ccc(-n2cnnc2SCC(=O)NCc2cccc(C(F)(F)F)c2)cc1. The number of hydrogen-bond donors (Lipinski definition) is 1. The number of aryl methyl sites for hydroxylation is 1. The maximum absolute atomic E-state index is 12.7. The maximum atomic E-state index is 12.7. The van der Waals surface area contributed by atoms with Gasteiger partial charge in [-0.1, -0.05) is 41.6 Å². The summed E-state index contributed by atoms with van der Waals surface area (Å²) in [5.41, 5.74) is 1.65. The first-order valence-corrected chi connectivity index (χ1v) is 9.34. The van der Waals surface area contributed by atoms with Crippen LogP contribution < -0.4 is 5.32 Å². The highest BCUT2D eigenvalue weighted by Crippen LogP contribution is 2.29. The van der Waals surface area contributed by atoms with Gasteiger partial charge in [0.05, 0.1) is 11.3 Å². The van der Waals surface area contributed by atoms with Gasteiger partial charge in [-0.15, -0.1) is 10.2 Å². The number of halogens is 3. The molecule has 0 saturated heterocycles. The number of nitrogens with one attached hydrogen (secondary N) is 1. The van der Waals surface area contributed by atoms with Gasteiger partial charge in [0.2, 0.25) is 5.91 Å². The molecule has 0 aliphatic carbocycles. The Balaban J connectivity index is 1.56. The Kier molecular flexibility index (Phi) is 6.03. The summed E-state index contributed by atoms with van der Waals surface area (Å²) in [5, 5.41) is 11.1. The molecule has 2 aromatic carbocycles. The predicted molar refractivity (Wildman–Crippen MR) is 100 cm³/mol. The Labute approximate surface area is 164 Å². The zero-order valence-corrected chi connectivity index (χ0v) is 15.7. The van der Waals surface area contributed by atoms with Crippen LogP contribution >= 0.6 is 11.8 Å². The smallest absolute Gasteiger partial charge is 0.351 e. The number of hydrogen-bond acceptors (Lipinski definition) is 4. The van der Waals surface area contributed by atoms with Crippen LogP contribution in [0.4, 0.5) is 13.2 Å². The summed E-state index contributed by atoms with van der Waals surface area (Å²) >= 11 is 1.20. The average Bonchev–Trinajstić information content (AvgIpc) is 3.13. The van der Waals surface area contributed by atoms with Gasteiger partial charge in [-0.25, -0.2) is 0 Å². The van der Waals surface area contributed by atoms with E-state index in [-0.39, 0.29) is 18.2 Å². The summed E-state index contributed by atoms with van der Waals surface area (Å²) in [6.07, 6.45) is -2.84. The first-order valence-electron chi connectivity index (χ1n) is 8.35. The Hall–Kier alpha value is -2.81. The van der Waals surface area contributed by atoms with Crippen molar-refractivity contribution in [3.8, 4) is 5.69 Å². The molecule has 9 heteroatoms. The lowest BCUT2D eigenvalue weighted by atomic mass is 10.1. The Morgan fingerprint density at radius 1 is 1.18 bits per heavy atom. The minimum atomic E-state index is -4.41. The van der Waals surface area contributed by atoms with Crippen molar-refractivity contribution in [3.05, 3.63) is 71.5 Å². The Bertz CT molecular complexity index is 954. The maximum Gasteiger partial charge on any atom is 0.416 e. The Morgan fingerprint density at radius 2 is 1.93 bits per heavy atom. The highest BCUT2D eigenvalue weighted by molar-refractivity contribution is 7.99. The highest BCUT2D eigenvalue weighted by Gasteiger charge is 2.30. The van der Waals surface area contributed by atoms with Gasteiger partial charge in [0.15, 0.2) is 5.16 Å². The summed E-state index contributed by atoms with van der Waals surface area (Å²) in [4.78, 5) is 12.1. The van der Waals surface area contributed by atoms with Crippen molar-refractivity contribution in [2.24, 2.45) is 0 Å². The van der Waals surface area contributed by atoms with Crippen molar-refractivity contribution in [2.75, 3.05) is 5.75 Å². The molecule has 0 aliphatic heterocycles. The molecule has 0 radical (unpaired) electrons. The van der Waals surface area contributed by atoms with Crippen LogP contribution in [0, 0.1) is 6.92 Å². The second-order valence-electron chi connectivity index (χ2n) is 6.08. The number of rotatable bonds is 6. The number of nitrogens with zero attached hydrogens (tertiary/aromatic N) is 3. The molecular weight excluding hydrogens is 389 g/mol. The van der Waals surface area contributed by atoms with Crippen molar-refractivity contribution in [1.29, 1.82) is 0 Å². The van der Waals surface area contributed by atoms with Gasteiger partial charge in [-0.2, -0.15) is 13.2 Å². The first-order chi connectivity index (χ1) is 13.3. The third-order valence-electron chi connectivity index (χ3n) is 3.90. The minimum absolute atomic E-state index is 0.0218. The van der Waals surface area contributed by atoms with Gasteiger partial charge in [-0.05, 0) is 36.8 Å². The first kappa shape index (κ1) is 19.9. The normalized spacial score (nSPS) is 11.4. The molecule has 0 spiro atoms. The van der Waals surface area contributed by atoms with Gasteiger partial charge in [0.1, 0.15) is 6.33 Å². The molecule has 0 fully saturated rings. The fourth-order valence-electron chi connectivity index (χ4n) is 2.44. The number of aromatic nitrogens is 3. The van der Waals surface area contributed by atoms with E-state index in [0.29, 0.717) is 10.7 Å². The molecule has 146 valence electrons. The van der Waals surface area contributed by atoms with Crippen LogP contribution in [0.1, 0.15) is 16.7 Å². The third-order valence-corrected chi connectivity index (χ3v) is 4.85. The third kappa shape index (κ3) is 5.13. The molecular formula is C19H17F3N4OS. The molecule has 0 atom stereocenters. The van der Waals surface area contributed by atoms with Crippen LogP contribution in [0.15, 0.2) is 60.0 Å². The fourth-order valence-corrected chi connectivity index (χ4v) is 3.20. The van der Waals surface area contributed by atoms with Crippen molar-refractivity contribution < 1.29 is 18.0 Å². The molecule has 1 N–H and O–H groups in total. The van der Waals surface area contributed by atoms with Gasteiger partial charge < -0.3 is 5.32 Å². The van der Waals surface area contributed by atoms with E-state index < -0.39 is 11.7 Å². The summed E-state index contributed by atoms with van der Waals surface area (Å²) in [6.45, 7) is 2.01. The number of carbonyl (C=O) groups excluding carboxylic acids is 1. The predicted octanol–water partition coefficient (Wildman–Crippen LogP) is 4.00. The zero-order valence-electron chi connectivity index (χ0n) is 14.9. The molecule has 0 saturated carbocycles. The molecule has 5 nitrogen and oxygen atoms in total. The zero-order chi connectivity index (χ0) is 20.1. The van der Waals surface area contributed by atoms with Gasteiger partial charge in [0.25, 0.3) is 0 Å². The van der Waals surface area contributed by atoms with E-state index in [9.17, 15) is 18.0 Å². The van der Waals surface area contributed by atoms with Crippen LogP contribution in [-0.2, 0) is 17.5 Å². The van der Waals surface area contributed by atoms with Crippen molar-refractivity contribution in [1.82, 2.24) is 20.1 Å².